The highest BCUT2D eigenvalue weighted by Crippen LogP contribution is 2.23. The number of carbonyl (C=O) groups excluding carboxylic acids is 2. The number of nitrogens with zero attached hydrogens (tertiary/aromatic N) is 2. The standard InChI is InChI=1S/C28H44N4O6S2/c1-20(2)16-32(40(36,37)24-12-10-21(3)11-13-24)23(17-33)9-7-8-14-29-26(34)25(15-22-18-39-19-30-22)31-27(35)38-28(4,5)6/h10-13,18-20,23,25,33H,7-9,14-17H2,1-6H3,(H,29,34)(H,31,35)/t23-,25-/m0/s1. The number of nitrogens with one attached hydrogen (secondary N) is 2. The third kappa shape index (κ3) is 11.1. The van der Waals surface area contributed by atoms with Crippen LogP contribution in [0.25, 0.3) is 0 Å². The van der Waals surface area contributed by atoms with Gasteiger partial charge in [0.2, 0.25) is 15.9 Å². The van der Waals surface area contributed by atoms with E-state index < -0.39 is 33.8 Å². The molecule has 2 atom stereocenters. The van der Waals surface area contributed by atoms with Gasteiger partial charge >= 0.3 is 6.09 Å². The maximum absolute atomic E-state index is 13.4. The van der Waals surface area contributed by atoms with Gasteiger partial charge in [-0.1, -0.05) is 38.0 Å². The summed E-state index contributed by atoms with van der Waals surface area (Å²) in [7, 11) is -3.79. The molecule has 1 heterocycles. The lowest BCUT2D eigenvalue weighted by molar-refractivity contribution is -0.123. The second kappa shape index (κ2) is 15.5. The lowest BCUT2D eigenvalue weighted by atomic mass is 10.1. The van der Waals surface area contributed by atoms with Gasteiger partial charge in [0, 0.05) is 30.9 Å². The predicted molar refractivity (Wildman–Crippen MR) is 157 cm³/mol. The van der Waals surface area contributed by atoms with E-state index in [1.807, 2.05) is 26.2 Å². The molecule has 2 amide bonds. The molecule has 0 aliphatic heterocycles. The van der Waals surface area contributed by atoms with Crippen molar-refractivity contribution in [3.05, 3.63) is 46.4 Å². The molecule has 40 heavy (non-hydrogen) atoms. The van der Waals surface area contributed by atoms with Gasteiger partial charge in [-0.05, 0) is 58.6 Å². The summed E-state index contributed by atoms with van der Waals surface area (Å²) in [4.78, 5) is 29.7. The van der Waals surface area contributed by atoms with Gasteiger partial charge in [0.15, 0.2) is 0 Å². The summed E-state index contributed by atoms with van der Waals surface area (Å²) in [5.74, 6) is -0.290. The average molecular weight is 597 g/mol. The Morgan fingerprint density at radius 1 is 1.15 bits per heavy atom. The molecule has 0 aliphatic carbocycles. The molecule has 0 bridgehead atoms. The molecule has 0 aliphatic rings. The number of aliphatic hydroxyl groups excluding tert-OH is 1. The highest BCUT2D eigenvalue weighted by atomic mass is 32.2. The minimum absolute atomic E-state index is 0.0701. The number of amides is 2. The van der Waals surface area contributed by atoms with Gasteiger partial charge < -0.3 is 20.5 Å². The third-order valence-corrected chi connectivity index (χ3v) is 8.53. The molecular weight excluding hydrogens is 552 g/mol. The zero-order chi connectivity index (χ0) is 29.9. The third-order valence-electron chi connectivity index (χ3n) is 5.96. The molecule has 0 fully saturated rings. The SMILES string of the molecule is Cc1ccc(S(=O)(=O)N(CC(C)C)[C@H](CO)CCCCNC(=O)[C@H](Cc2cscn2)NC(=O)OC(C)(C)C)cc1. The van der Waals surface area contributed by atoms with Gasteiger partial charge in [0.25, 0.3) is 0 Å². The highest BCUT2D eigenvalue weighted by Gasteiger charge is 2.31. The quantitative estimate of drug-likeness (QED) is 0.265. The fourth-order valence-electron chi connectivity index (χ4n) is 4.02. The number of sulfonamides is 1. The first kappa shape index (κ1) is 33.7. The van der Waals surface area contributed by atoms with Crippen molar-refractivity contribution in [3.63, 3.8) is 0 Å². The van der Waals surface area contributed by atoms with E-state index in [1.165, 1.54) is 15.6 Å². The molecule has 1 aromatic carbocycles. The number of aryl methyl sites for hydroxylation is 1. The number of rotatable bonds is 15. The summed E-state index contributed by atoms with van der Waals surface area (Å²) in [6, 6.07) is 5.26. The van der Waals surface area contributed by atoms with Crippen LogP contribution in [0.5, 0.6) is 0 Å². The van der Waals surface area contributed by atoms with Gasteiger partial charge in [-0.15, -0.1) is 11.3 Å². The van der Waals surface area contributed by atoms with E-state index in [9.17, 15) is 23.1 Å². The number of hydrogen-bond donors (Lipinski definition) is 3. The van der Waals surface area contributed by atoms with Gasteiger partial charge in [-0.25, -0.2) is 18.2 Å². The molecule has 0 saturated carbocycles. The Balaban J connectivity index is 1.97. The summed E-state index contributed by atoms with van der Waals surface area (Å²) < 4.78 is 33.6. The van der Waals surface area contributed by atoms with Crippen LogP contribution in [-0.2, 0) is 26.0 Å². The molecular formula is C28H44N4O6S2. The van der Waals surface area contributed by atoms with Crippen LogP contribution in [0.2, 0.25) is 0 Å². The number of thiazole rings is 1. The number of ether oxygens (including phenoxy) is 1. The van der Waals surface area contributed by atoms with Crippen molar-refractivity contribution in [1.82, 2.24) is 19.9 Å². The molecule has 1 aromatic heterocycles. The monoisotopic (exact) mass is 596 g/mol. The number of aliphatic hydroxyl groups is 1. The Bertz CT molecular complexity index is 1160. The number of alkyl carbamates (subject to hydrolysis) is 1. The van der Waals surface area contributed by atoms with E-state index in [0.717, 1.165) is 5.56 Å². The first-order valence-electron chi connectivity index (χ1n) is 13.6. The van der Waals surface area contributed by atoms with E-state index >= 15 is 0 Å². The zero-order valence-electron chi connectivity index (χ0n) is 24.3. The van der Waals surface area contributed by atoms with E-state index in [-0.39, 0.29) is 36.3 Å². The molecule has 10 nitrogen and oxygen atoms in total. The Morgan fingerprint density at radius 3 is 2.38 bits per heavy atom. The van der Waals surface area contributed by atoms with Crippen molar-refractivity contribution in [2.75, 3.05) is 19.7 Å². The minimum Gasteiger partial charge on any atom is -0.444 e. The van der Waals surface area contributed by atoms with E-state index in [4.69, 9.17) is 4.74 Å². The number of carbonyl (C=O) groups is 2. The first-order valence-corrected chi connectivity index (χ1v) is 15.9. The minimum atomic E-state index is -3.79. The van der Waals surface area contributed by atoms with Crippen LogP contribution >= 0.6 is 11.3 Å². The van der Waals surface area contributed by atoms with Crippen molar-refractivity contribution in [1.29, 1.82) is 0 Å². The lowest BCUT2D eigenvalue weighted by Gasteiger charge is -2.31. The molecule has 2 rings (SSSR count). The molecule has 3 N–H and O–H groups in total. The van der Waals surface area contributed by atoms with Crippen molar-refractivity contribution in [2.45, 2.75) is 89.8 Å². The maximum atomic E-state index is 13.4. The Labute approximate surface area is 242 Å². The summed E-state index contributed by atoms with van der Waals surface area (Å²) in [6.45, 7) is 11.3. The maximum Gasteiger partial charge on any atom is 0.408 e. The first-order chi connectivity index (χ1) is 18.7. The van der Waals surface area contributed by atoms with Crippen LogP contribution in [0.4, 0.5) is 4.79 Å². The number of hydrogen-bond acceptors (Lipinski definition) is 8. The van der Waals surface area contributed by atoms with Crippen molar-refractivity contribution >= 4 is 33.4 Å². The van der Waals surface area contributed by atoms with Crippen molar-refractivity contribution in [2.24, 2.45) is 5.92 Å². The van der Waals surface area contributed by atoms with Gasteiger partial charge in [0.05, 0.1) is 22.7 Å². The number of aromatic nitrogens is 1. The molecule has 224 valence electrons. The fourth-order valence-corrected chi connectivity index (χ4v) is 6.40. The van der Waals surface area contributed by atoms with Crippen LogP contribution in [-0.4, -0.2) is 72.2 Å². The molecule has 0 saturated heterocycles. The van der Waals surface area contributed by atoms with E-state index in [0.29, 0.717) is 31.5 Å². The summed E-state index contributed by atoms with van der Waals surface area (Å²) in [6.07, 6.45) is 1.12. The van der Waals surface area contributed by atoms with Gasteiger partial charge in [0.1, 0.15) is 11.6 Å². The highest BCUT2D eigenvalue weighted by molar-refractivity contribution is 7.89. The topological polar surface area (TPSA) is 138 Å². The smallest absolute Gasteiger partial charge is 0.408 e. The van der Waals surface area contributed by atoms with E-state index in [2.05, 4.69) is 15.6 Å². The van der Waals surface area contributed by atoms with Crippen molar-refractivity contribution < 1.29 is 27.9 Å². The molecule has 0 unspecified atom stereocenters. The van der Waals surface area contributed by atoms with Crippen LogP contribution in [0.3, 0.4) is 0 Å². The number of benzene rings is 1. The Kier molecular flexibility index (Phi) is 13.0. The molecule has 2 aromatic rings. The predicted octanol–water partition coefficient (Wildman–Crippen LogP) is 3.88. The molecule has 0 radical (unpaired) electrons. The lowest BCUT2D eigenvalue weighted by Crippen LogP contribution is -2.49. The summed E-state index contributed by atoms with van der Waals surface area (Å²) >= 11 is 1.40. The van der Waals surface area contributed by atoms with Crippen LogP contribution in [0.1, 0.15) is 65.1 Å². The summed E-state index contributed by atoms with van der Waals surface area (Å²) in [5.41, 5.74) is 2.61. The second-order valence-corrected chi connectivity index (χ2v) is 13.9. The number of unbranched alkanes of at least 4 members (excludes halogenated alkanes) is 1. The average Bonchev–Trinajstić information content (AvgIpc) is 3.36. The van der Waals surface area contributed by atoms with E-state index in [1.54, 1.807) is 50.5 Å². The Hall–Kier alpha value is -2.54. The summed E-state index contributed by atoms with van der Waals surface area (Å²) in [5, 5.41) is 17.4. The Morgan fingerprint density at radius 2 is 1.82 bits per heavy atom. The second-order valence-electron chi connectivity index (χ2n) is 11.3. The molecule has 12 heteroatoms. The zero-order valence-corrected chi connectivity index (χ0v) is 26.0. The molecule has 0 spiro atoms. The van der Waals surface area contributed by atoms with Crippen LogP contribution in [0, 0.1) is 12.8 Å². The fraction of sp³-hybridized carbons (Fsp3) is 0.607. The van der Waals surface area contributed by atoms with Gasteiger partial charge in [-0.2, -0.15) is 4.31 Å². The largest absolute Gasteiger partial charge is 0.444 e. The van der Waals surface area contributed by atoms with Gasteiger partial charge in [-0.3, -0.25) is 4.79 Å². The van der Waals surface area contributed by atoms with Crippen LogP contribution in [0.15, 0.2) is 40.1 Å². The normalized spacial score (nSPS) is 13.7. The van der Waals surface area contributed by atoms with Crippen molar-refractivity contribution in [3.8, 4) is 0 Å². The van der Waals surface area contributed by atoms with Crippen LogP contribution < -0.4 is 10.6 Å².